The molecule has 3 aliphatic rings. The Hall–Kier alpha value is 0. The van der Waals surface area contributed by atoms with Crippen LogP contribution in [-0.4, -0.2) is 0 Å². The molecule has 152 valence electrons. The summed E-state index contributed by atoms with van der Waals surface area (Å²) in [6.07, 6.45) is 19.5. The lowest BCUT2D eigenvalue weighted by molar-refractivity contribution is -0.0331. The second-order valence-corrected chi connectivity index (χ2v) is 10.9. The van der Waals surface area contributed by atoms with Gasteiger partial charge in [0.15, 0.2) is 0 Å². The zero-order chi connectivity index (χ0) is 18.7. The van der Waals surface area contributed by atoms with Gasteiger partial charge >= 0.3 is 0 Å². The maximum Gasteiger partial charge on any atom is -0.0264 e. The van der Waals surface area contributed by atoms with E-state index >= 15 is 0 Å². The van der Waals surface area contributed by atoms with Crippen LogP contribution in [0.3, 0.4) is 0 Å². The summed E-state index contributed by atoms with van der Waals surface area (Å²) in [5, 5.41) is 0. The van der Waals surface area contributed by atoms with Crippen LogP contribution in [0, 0.1) is 46.8 Å². The van der Waals surface area contributed by atoms with Crippen molar-refractivity contribution >= 4 is 0 Å². The third-order valence-electron chi connectivity index (χ3n) is 9.80. The van der Waals surface area contributed by atoms with Crippen molar-refractivity contribution in [3.8, 4) is 0 Å². The highest BCUT2D eigenvalue weighted by Crippen LogP contribution is 2.63. The van der Waals surface area contributed by atoms with Gasteiger partial charge in [-0.1, -0.05) is 86.0 Å². The molecule has 0 bridgehead atoms. The first-order valence-electron chi connectivity index (χ1n) is 12.5. The molecule has 3 rings (SSSR count). The van der Waals surface area contributed by atoms with Crippen molar-refractivity contribution in [3.05, 3.63) is 0 Å². The molecule has 0 aliphatic heterocycles. The predicted octanol–water partition coefficient (Wildman–Crippen LogP) is 8.50. The highest BCUT2D eigenvalue weighted by molar-refractivity contribution is 5.04. The summed E-state index contributed by atoms with van der Waals surface area (Å²) in [7, 11) is 0. The summed E-state index contributed by atoms with van der Waals surface area (Å²) >= 11 is 0. The number of fused-ring (bicyclic) bond motifs is 1. The maximum atomic E-state index is 2.72. The van der Waals surface area contributed by atoms with Gasteiger partial charge in [0, 0.05) is 0 Å². The molecule has 0 heterocycles. The zero-order valence-electron chi connectivity index (χ0n) is 18.7. The van der Waals surface area contributed by atoms with Gasteiger partial charge in [-0.25, -0.2) is 0 Å². The highest BCUT2D eigenvalue weighted by atomic mass is 14.6. The second kappa shape index (κ2) is 9.00. The third kappa shape index (κ3) is 3.91. The van der Waals surface area contributed by atoms with E-state index in [2.05, 4.69) is 34.6 Å². The minimum atomic E-state index is 0.665. The standard InChI is InChI=1S/C26H48/c1-6-8-9-12-19(3)24-15-16-25-20(4)22(17-18-26(24,25)5)23-14-11-10-13-21(23)7-2/h19-25H,6-18H2,1-5H3. The van der Waals surface area contributed by atoms with E-state index in [1.54, 1.807) is 25.7 Å². The Morgan fingerprint density at radius 2 is 1.69 bits per heavy atom. The molecule has 26 heavy (non-hydrogen) atoms. The van der Waals surface area contributed by atoms with Crippen LogP contribution in [0.4, 0.5) is 0 Å². The zero-order valence-corrected chi connectivity index (χ0v) is 18.7. The van der Waals surface area contributed by atoms with E-state index in [-0.39, 0.29) is 0 Å². The van der Waals surface area contributed by atoms with Crippen LogP contribution in [0.1, 0.15) is 118 Å². The van der Waals surface area contributed by atoms with Crippen molar-refractivity contribution < 1.29 is 0 Å². The summed E-state index contributed by atoms with van der Waals surface area (Å²) < 4.78 is 0. The average molecular weight is 361 g/mol. The van der Waals surface area contributed by atoms with Crippen LogP contribution in [0.15, 0.2) is 0 Å². The van der Waals surface area contributed by atoms with Crippen molar-refractivity contribution in [1.82, 2.24) is 0 Å². The summed E-state index contributed by atoms with van der Waals surface area (Å²) in [5.41, 5.74) is 0.665. The largest absolute Gasteiger partial charge is 0.0654 e. The van der Waals surface area contributed by atoms with E-state index in [1.807, 2.05) is 0 Å². The Balaban J connectivity index is 1.66. The fourth-order valence-corrected chi connectivity index (χ4v) is 8.33. The maximum absolute atomic E-state index is 2.72. The van der Waals surface area contributed by atoms with E-state index in [0.29, 0.717) is 5.41 Å². The molecule has 0 aromatic heterocycles. The molecule has 0 saturated heterocycles. The first kappa shape index (κ1) is 20.7. The van der Waals surface area contributed by atoms with Gasteiger partial charge in [0.1, 0.15) is 0 Å². The Morgan fingerprint density at radius 1 is 0.923 bits per heavy atom. The second-order valence-electron chi connectivity index (χ2n) is 10.9. The molecule has 0 amide bonds. The van der Waals surface area contributed by atoms with Gasteiger partial charge in [0.2, 0.25) is 0 Å². The molecule has 0 heteroatoms. The Labute approximate surface area is 165 Å². The van der Waals surface area contributed by atoms with Crippen molar-refractivity contribution in [1.29, 1.82) is 0 Å². The van der Waals surface area contributed by atoms with Crippen molar-refractivity contribution in [2.24, 2.45) is 46.8 Å². The molecule has 8 atom stereocenters. The van der Waals surface area contributed by atoms with Gasteiger partial charge in [-0.3, -0.25) is 0 Å². The predicted molar refractivity (Wildman–Crippen MR) is 115 cm³/mol. The Morgan fingerprint density at radius 3 is 2.42 bits per heavy atom. The Kier molecular flexibility index (Phi) is 7.17. The van der Waals surface area contributed by atoms with Crippen LogP contribution < -0.4 is 0 Å². The van der Waals surface area contributed by atoms with Crippen molar-refractivity contribution in [3.63, 3.8) is 0 Å². The van der Waals surface area contributed by atoms with Crippen molar-refractivity contribution in [2.45, 2.75) is 118 Å². The van der Waals surface area contributed by atoms with Crippen molar-refractivity contribution in [2.75, 3.05) is 0 Å². The van der Waals surface area contributed by atoms with Crippen LogP contribution in [0.25, 0.3) is 0 Å². The van der Waals surface area contributed by atoms with Gasteiger partial charge in [0.25, 0.3) is 0 Å². The quantitative estimate of drug-likeness (QED) is 0.399. The van der Waals surface area contributed by atoms with E-state index in [1.165, 1.54) is 57.8 Å². The Bertz CT molecular complexity index is 426. The molecular weight excluding hydrogens is 312 g/mol. The van der Waals surface area contributed by atoms with Crippen LogP contribution in [-0.2, 0) is 0 Å². The first-order chi connectivity index (χ1) is 12.5. The average Bonchev–Trinajstić information content (AvgIpc) is 3.00. The normalized spacial score (nSPS) is 44.7. The number of rotatable bonds is 7. The summed E-state index contributed by atoms with van der Waals surface area (Å²) in [4.78, 5) is 0. The monoisotopic (exact) mass is 360 g/mol. The summed E-state index contributed by atoms with van der Waals surface area (Å²) in [6, 6.07) is 0. The molecule has 3 fully saturated rings. The molecule has 0 radical (unpaired) electrons. The van der Waals surface area contributed by atoms with Crippen LogP contribution >= 0.6 is 0 Å². The number of unbranched alkanes of at least 4 members (excludes halogenated alkanes) is 2. The van der Waals surface area contributed by atoms with Gasteiger partial charge in [-0.05, 0) is 78.9 Å². The molecule has 0 aromatic rings. The van der Waals surface area contributed by atoms with Gasteiger partial charge in [0.05, 0.1) is 0 Å². The molecule has 0 nitrogen and oxygen atoms in total. The first-order valence-corrected chi connectivity index (χ1v) is 12.5. The molecule has 8 unspecified atom stereocenters. The molecule has 3 saturated carbocycles. The van der Waals surface area contributed by atoms with Crippen LogP contribution in [0.2, 0.25) is 0 Å². The highest BCUT2D eigenvalue weighted by Gasteiger charge is 2.54. The van der Waals surface area contributed by atoms with E-state index < -0.39 is 0 Å². The third-order valence-corrected chi connectivity index (χ3v) is 9.80. The van der Waals surface area contributed by atoms with Gasteiger partial charge in [-0.15, -0.1) is 0 Å². The lowest BCUT2D eigenvalue weighted by Gasteiger charge is -2.52. The fraction of sp³-hybridized carbons (Fsp3) is 1.00. The molecule has 0 aromatic carbocycles. The topological polar surface area (TPSA) is 0 Å². The van der Waals surface area contributed by atoms with Gasteiger partial charge in [-0.2, -0.15) is 0 Å². The minimum absolute atomic E-state index is 0.665. The smallest absolute Gasteiger partial charge is 0.0264 e. The van der Waals surface area contributed by atoms with Gasteiger partial charge < -0.3 is 0 Å². The van der Waals surface area contributed by atoms with Crippen LogP contribution in [0.5, 0.6) is 0 Å². The molecule has 3 aliphatic carbocycles. The lowest BCUT2D eigenvalue weighted by atomic mass is 9.53. The summed E-state index contributed by atoms with van der Waals surface area (Å²) in [6.45, 7) is 12.8. The summed E-state index contributed by atoms with van der Waals surface area (Å²) in [5.74, 6) is 7.14. The molecule has 0 N–H and O–H groups in total. The fourth-order valence-electron chi connectivity index (χ4n) is 8.33. The number of hydrogen-bond acceptors (Lipinski definition) is 0. The lowest BCUT2D eigenvalue weighted by Crippen LogP contribution is -2.45. The molecule has 0 spiro atoms. The molecular formula is C26H48. The van der Waals surface area contributed by atoms with E-state index in [4.69, 9.17) is 0 Å². The van der Waals surface area contributed by atoms with E-state index in [9.17, 15) is 0 Å². The number of hydrogen-bond donors (Lipinski definition) is 0. The minimum Gasteiger partial charge on any atom is -0.0654 e. The SMILES string of the molecule is CCCCCC(C)C1CCC2C(C)C(C3CCCCC3CC)CCC12C. The van der Waals surface area contributed by atoms with E-state index in [0.717, 1.165) is 41.4 Å².